The van der Waals surface area contributed by atoms with Crippen molar-refractivity contribution in [3.63, 3.8) is 0 Å². The highest BCUT2D eigenvalue weighted by Crippen LogP contribution is 2.23. The molecule has 19 heavy (non-hydrogen) atoms. The molecule has 0 unspecified atom stereocenters. The summed E-state index contributed by atoms with van der Waals surface area (Å²) in [4.78, 5) is 24.6. The van der Waals surface area contributed by atoms with Crippen molar-refractivity contribution in [2.75, 3.05) is 12.3 Å². The lowest BCUT2D eigenvalue weighted by Gasteiger charge is -2.24. The van der Waals surface area contributed by atoms with E-state index >= 15 is 0 Å². The number of esters is 1. The van der Waals surface area contributed by atoms with Gasteiger partial charge in [-0.05, 0) is 33.3 Å². The Balaban J connectivity index is 2.49. The quantitative estimate of drug-likeness (QED) is 0.811. The van der Waals surface area contributed by atoms with Gasteiger partial charge in [-0.15, -0.1) is 11.3 Å². The van der Waals surface area contributed by atoms with Crippen LogP contribution in [0.1, 0.15) is 41.7 Å². The van der Waals surface area contributed by atoms with E-state index in [1.165, 1.54) is 11.3 Å². The van der Waals surface area contributed by atoms with Crippen molar-refractivity contribution in [1.82, 2.24) is 5.32 Å². The summed E-state index contributed by atoms with van der Waals surface area (Å²) in [6.07, 6.45) is 0.799. The molecule has 1 rings (SSSR count). The molecule has 0 aromatic carbocycles. The van der Waals surface area contributed by atoms with Crippen molar-refractivity contribution in [3.8, 4) is 0 Å². The molecule has 0 bridgehead atoms. The summed E-state index contributed by atoms with van der Waals surface area (Å²) in [5.74, 6) is -0.823. The first-order valence-corrected chi connectivity index (χ1v) is 6.91. The number of hydrogen-bond donors (Lipinski definition) is 2. The zero-order valence-corrected chi connectivity index (χ0v) is 12.5. The average Bonchev–Trinajstić information content (AvgIpc) is 2.66. The number of carbonyl (C=O) groups is 2. The number of ether oxygens (including phenoxy) is 1. The highest BCUT2D eigenvalue weighted by molar-refractivity contribution is 7.14. The van der Waals surface area contributed by atoms with Crippen LogP contribution in [0.3, 0.4) is 0 Å². The Kier molecular flexibility index (Phi) is 4.94. The Morgan fingerprint density at radius 3 is 2.58 bits per heavy atom. The van der Waals surface area contributed by atoms with E-state index in [2.05, 4.69) is 5.32 Å². The van der Waals surface area contributed by atoms with Crippen molar-refractivity contribution in [3.05, 3.63) is 15.8 Å². The fourth-order valence-corrected chi connectivity index (χ4v) is 2.14. The third kappa shape index (κ3) is 4.55. The molecular weight excluding hydrogens is 264 g/mol. The van der Waals surface area contributed by atoms with Crippen molar-refractivity contribution in [2.24, 2.45) is 0 Å². The molecule has 0 saturated carbocycles. The first-order valence-electron chi connectivity index (χ1n) is 6.09. The fraction of sp³-hybridized carbons (Fsp3) is 0.538. The SMILES string of the molecule is CCC(C)(C)NC(=O)COC(=O)c1cc(N)c(C)s1. The molecule has 0 atom stereocenters. The van der Waals surface area contributed by atoms with Gasteiger partial charge in [-0.1, -0.05) is 6.92 Å². The van der Waals surface area contributed by atoms with Crippen molar-refractivity contribution in [2.45, 2.75) is 39.7 Å². The predicted octanol–water partition coefficient (Wildman–Crippen LogP) is 2.10. The maximum Gasteiger partial charge on any atom is 0.348 e. The minimum atomic E-state index is -0.519. The minimum Gasteiger partial charge on any atom is -0.451 e. The Morgan fingerprint density at radius 2 is 2.11 bits per heavy atom. The zero-order valence-electron chi connectivity index (χ0n) is 11.7. The second-order valence-electron chi connectivity index (χ2n) is 4.98. The van der Waals surface area contributed by atoms with Crippen LogP contribution in [0.15, 0.2) is 6.07 Å². The monoisotopic (exact) mass is 284 g/mol. The van der Waals surface area contributed by atoms with Gasteiger partial charge in [0.2, 0.25) is 0 Å². The Morgan fingerprint density at radius 1 is 1.47 bits per heavy atom. The first kappa shape index (κ1) is 15.5. The third-order valence-corrected chi connectivity index (χ3v) is 3.90. The van der Waals surface area contributed by atoms with E-state index < -0.39 is 5.97 Å². The number of amides is 1. The van der Waals surface area contributed by atoms with Gasteiger partial charge in [-0.3, -0.25) is 4.79 Å². The summed E-state index contributed by atoms with van der Waals surface area (Å²) < 4.78 is 4.95. The van der Waals surface area contributed by atoms with Crippen LogP contribution in [0, 0.1) is 6.92 Å². The molecule has 5 nitrogen and oxygen atoms in total. The summed E-state index contributed by atoms with van der Waals surface area (Å²) in [5.41, 5.74) is 5.92. The number of hydrogen-bond acceptors (Lipinski definition) is 5. The second kappa shape index (κ2) is 6.06. The van der Waals surface area contributed by atoms with E-state index in [-0.39, 0.29) is 18.1 Å². The number of nitrogens with two attached hydrogens (primary N) is 1. The van der Waals surface area contributed by atoms with Gasteiger partial charge in [-0.2, -0.15) is 0 Å². The lowest BCUT2D eigenvalue weighted by atomic mass is 10.0. The molecule has 106 valence electrons. The van der Waals surface area contributed by atoms with Crippen LogP contribution in [0.2, 0.25) is 0 Å². The summed E-state index contributed by atoms with van der Waals surface area (Å²) in [6.45, 7) is 7.35. The van der Waals surface area contributed by atoms with Crippen LogP contribution < -0.4 is 11.1 Å². The number of carbonyl (C=O) groups excluding carboxylic acids is 2. The molecule has 0 saturated heterocycles. The number of rotatable bonds is 5. The van der Waals surface area contributed by atoms with Crippen LogP contribution >= 0.6 is 11.3 Å². The first-order chi connectivity index (χ1) is 8.75. The van der Waals surface area contributed by atoms with Crippen LogP contribution in [0.25, 0.3) is 0 Å². The number of thiophene rings is 1. The van der Waals surface area contributed by atoms with Gasteiger partial charge >= 0.3 is 5.97 Å². The highest BCUT2D eigenvalue weighted by Gasteiger charge is 2.19. The normalized spacial score (nSPS) is 11.2. The molecule has 0 radical (unpaired) electrons. The maximum atomic E-state index is 11.7. The fourth-order valence-electron chi connectivity index (χ4n) is 1.30. The van der Waals surface area contributed by atoms with Crippen LogP contribution in [-0.4, -0.2) is 24.0 Å². The van der Waals surface area contributed by atoms with E-state index in [4.69, 9.17) is 10.5 Å². The largest absolute Gasteiger partial charge is 0.451 e. The molecule has 0 aliphatic carbocycles. The number of nitrogen functional groups attached to an aromatic ring is 1. The number of nitrogens with one attached hydrogen (secondary N) is 1. The van der Waals surface area contributed by atoms with Gasteiger partial charge in [0.05, 0.1) is 0 Å². The molecule has 1 aromatic heterocycles. The molecule has 0 spiro atoms. The van der Waals surface area contributed by atoms with E-state index in [0.29, 0.717) is 10.6 Å². The topological polar surface area (TPSA) is 81.4 Å². The highest BCUT2D eigenvalue weighted by atomic mass is 32.1. The third-order valence-electron chi connectivity index (χ3n) is 2.85. The lowest BCUT2D eigenvalue weighted by Crippen LogP contribution is -2.44. The van der Waals surface area contributed by atoms with E-state index in [9.17, 15) is 9.59 Å². The predicted molar refractivity (Wildman–Crippen MR) is 76.3 cm³/mol. The molecular formula is C13H20N2O3S. The number of anilines is 1. The summed E-state index contributed by atoms with van der Waals surface area (Å²) >= 11 is 1.26. The molecule has 1 aromatic rings. The van der Waals surface area contributed by atoms with Gasteiger partial charge < -0.3 is 15.8 Å². The van der Waals surface area contributed by atoms with E-state index in [0.717, 1.165) is 11.3 Å². The van der Waals surface area contributed by atoms with E-state index in [1.54, 1.807) is 6.07 Å². The standard InChI is InChI=1S/C13H20N2O3S/c1-5-13(3,4)15-11(16)7-18-12(17)10-6-9(14)8(2)19-10/h6H,5,7,14H2,1-4H3,(H,15,16). The second-order valence-corrected chi connectivity index (χ2v) is 6.24. The van der Waals surface area contributed by atoms with Crippen molar-refractivity contribution < 1.29 is 14.3 Å². The summed E-state index contributed by atoms with van der Waals surface area (Å²) in [7, 11) is 0. The minimum absolute atomic E-state index is 0.279. The van der Waals surface area contributed by atoms with Crippen molar-refractivity contribution in [1.29, 1.82) is 0 Å². The van der Waals surface area contributed by atoms with Crippen LogP contribution in [0.5, 0.6) is 0 Å². The number of aryl methyl sites for hydroxylation is 1. The molecule has 3 N–H and O–H groups in total. The molecule has 0 aliphatic rings. The zero-order chi connectivity index (χ0) is 14.6. The Hall–Kier alpha value is -1.56. The van der Waals surface area contributed by atoms with Gasteiger partial charge in [0.1, 0.15) is 4.88 Å². The lowest BCUT2D eigenvalue weighted by molar-refractivity contribution is -0.125. The summed E-state index contributed by atoms with van der Waals surface area (Å²) in [5, 5.41) is 2.79. The molecule has 0 fully saturated rings. The van der Waals surface area contributed by atoms with E-state index in [1.807, 2.05) is 27.7 Å². The van der Waals surface area contributed by atoms with Gasteiger partial charge in [0.15, 0.2) is 6.61 Å². The van der Waals surface area contributed by atoms with Gasteiger partial charge in [0, 0.05) is 16.1 Å². The molecule has 1 heterocycles. The smallest absolute Gasteiger partial charge is 0.348 e. The average molecular weight is 284 g/mol. The van der Waals surface area contributed by atoms with Crippen molar-refractivity contribution >= 4 is 28.9 Å². The Labute approximate surface area is 117 Å². The molecule has 6 heteroatoms. The molecule has 1 amide bonds. The summed E-state index contributed by atoms with van der Waals surface area (Å²) in [6, 6.07) is 1.57. The van der Waals surface area contributed by atoms with Crippen LogP contribution in [-0.2, 0) is 9.53 Å². The van der Waals surface area contributed by atoms with Crippen LogP contribution in [0.4, 0.5) is 5.69 Å². The Bertz CT molecular complexity index is 461. The van der Waals surface area contributed by atoms with Gasteiger partial charge in [0.25, 0.3) is 5.91 Å². The maximum absolute atomic E-state index is 11.7. The van der Waals surface area contributed by atoms with Gasteiger partial charge in [-0.25, -0.2) is 4.79 Å². The molecule has 0 aliphatic heterocycles.